The summed E-state index contributed by atoms with van der Waals surface area (Å²) in [4.78, 5) is 17.5. The van der Waals surface area contributed by atoms with E-state index >= 15 is 0 Å². The average Bonchev–Trinajstić information content (AvgIpc) is 2.79. The Bertz CT molecular complexity index is 863. The summed E-state index contributed by atoms with van der Waals surface area (Å²) in [5.41, 5.74) is 2.85. The van der Waals surface area contributed by atoms with E-state index in [4.69, 9.17) is 9.47 Å². The monoisotopic (exact) mass is 410 g/mol. The fourth-order valence-corrected chi connectivity index (χ4v) is 3.78. The molecule has 2 N–H and O–H groups in total. The molecule has 2 aliphatic rings. The first kappa shape index (κ1) is 20.3. The van der Waals surface area contributed by atoms with Gasteiger partial charge < -0.3 is 29.9 Å². The van der Waals surface area contributed by atoms with E-state index < -0.39 is 0 Å². The van der Waals surface area contributed by atoms with E-state index in [0.717, 1.165) is 38.4 Å². The highest BCUT2D eigenvalue weighted by Crippen LogP contribution is 2.32. The minimum atomic E-state index is -0.378. The molecule has 7 nitrogen and oxygen atoms in total. The number of carbonyl (C=O) groups is 1. The van der Waals surface area contributed by atoms with Crippen molar-refractivity contribution >= 4 is 23.0 Å². The second-order valence-corrected chi connectivity index (χ2v) is 7.68. The summed E-state index contributed by atoms with van der Waals surface area (Å²) >= 11 is 0. The zero-order chi connectivity index (χ0) is 20.9. The maximum atomic E-state index is 12.6. The number of nitrogens with one attached hydrogen (secondary N) is 2. The van der Waals surface area contributed by atoms with Crippen molar-refractivity contribution in [2.45, 2.75) is 19.9 Å². The number of rotatable bonds is 6. The Kier molecular flexibility index (Phi) is 6.28. The molecule has 1 atom stereocenters. The molecule has 2 aromatic rings. The molecule has 1 fully saturated rings. The fourth-order valence-electron chi connectivity index (χ4n) is 3.78. The van der Waals surface area contributed by atoms with Gasteiger partial charge in [-0.2, -0.15) is 0 Å². The van der Waals surface area contributed by atoms with Crippen LogP contribution in [0.1, 0.15) is 13.8 Å². The molecule has 160 valence electrons. The molecule has 7 heteroatoms. The molecular formula is C23H30N4O3. The van der Waals surface area contributed by atoms with Crippen LogP contribution in [0.2, 0.25) is 0 Å². The number of hydrogen-bond acceptors (Lipinski definition) is 6. The van der Waals surface area contributed by atoms with Crippen LogP contribution in [0, 0.1) is 0 Å². The SMILES string of the molecule is CCN1CCN(c2ccc(N[C@@H](C)C(=O)Nc3ccc4c(c3)OCCO4)cc2)CC1. The number of likely N-dealkylation sites (N-methyl/N-ethyl adjacent to an activating group) is 1. The van der Waals surface area contributed by atoms with E-state index in [1.165, 1.54) is 5.69 Å². The van der Waals surface area contributed by atoms with Gasteiger partial charge in [-0.3, -0.25) is 4.79 Å². The number of fused-ring (bicyclic) bond motifs is 1. The molecule has 0 unspecified atom stereocenters. The van der Waals surface area contributed by atoms with Gasteiger partial charge in [-0.1, -0.05) is 6.92 Å². The molecule has 1 amide bonds. The first-order valence-electron chi connectivity index (χ1n) is 10.7. The maximum Gasteiger partial charge on any atom is 0.246 e. The van der Waals surface area contributed by atoms with E-state index in [1.807, 2.05) is 31.2 Å². The molecule has 30 heavy (non-hydrogen) atoms. The lowest BCUT2D eigenvalue weighted by Crippen LogP contribution is -2.46. The smallest absolute Gasteiger partial charge is 0.246 e. The summed E-state index contributed by atoms with van der Waals surface area (Å²) in [5.74, 6) is 1.27. The Labute approximate surface area is 177 Å². The minimum absolute atomic E-state index is 0.105. The molecular weight excluding hydrogens is 380 g/mol. The van der Waals surface area contributed by atoms with Crippen LogP contribution in [0.15, 0.2) is 42.5 Å². The largest absolute Gasteiger partial charge is 0.486 e. The molecule has 2 aromatic carbocycles. The third-order valence-electron chi connectivity index (χ3n) is 5.64. The van der Waals surface area contributed by atoms with E-state index in [-0.39, 0.29) is 11.9 Å². The van der Waals surface area contributed by atoms with Gasteiger partial charge in [-0.25, -0.2) is 0 Å². The van der Waals surface area contributed by atoms with Gasteiger partial charge in [0.2, 0.25) is 5.91 Å². The lowest BCUT2D eigenvalue weighted by atomic mass is 10.2. The predicted octanol–water partition coefficient (Wildman–Crippen LogP) is 3.04. The van der Waals surface area contributed by atoms with E-state index in [1.54, 1.807) is 6.07 Å². The van der Waals surface area contributed by atoms with Crippen LogP contribution >= 0.6 is 0 Å². The van der Waals surface area contributed by atoms with E-state index in [9.17, 15) is 4.79 Å². The van der Waals surface area contributed by atoms with Gasteiger partial charge in [0.05, 0.1) is 0 Å². The standard InChI is InChI=1S/C23H30N4O3/c1-3-26-10-12-27(13-11-26)20-7-4-18(5-8-20)24-17(2)23(28)25-19-6-9-21-22(16-19)30-15-14-29-21/h4-9,16-17,24H,3,10-15H2,1-2H3,(H,25,28)/t17-/m0/s1. The van der Waals surface area contributed by atoms with Crippen molar-refractivity contribution in [1.82, 2.24) is 4.90 Å². The molecule has 0 radical (unpaired) electrons. The Morgan fingerprint density at radius 2 is 1.63 bits per heavy atom. The lowest BCUT2D eigenvalue weighted by molar-refractivity contribution is -0.116. The van der Waals surface area contributed by atoms with Gasteiger partial charge in [0, 0.05) is 49.3 Å². The van der Waals surface area contributed by atoms with Crippen molar-refractivity contribution in [2.24, 2.45) is 0 Å². The van der Waals surface area contributed by atoms with Gasteiger partial charge in [-0.05, 0) is 49.9 Å². The van der Waals surface area contributed by atoms with Crippen LogP contribution in [0.5, 0.6) is 11.5 Å². The molecule has 0 aromatic heterocycles. The average molecular weight is 411 g/mol. The highest BCUT2D eigenvalue weighted by Gasteiger charge is 2.18. The number of anilines is 3. The maximum absolute atomic E-state index is 12.6. The van der Waals surface area contributed by atoms with Crippen LogP contribution in [0.3, 0.4) is 0 Å². The van der Waals surface area contributed by atoms with Gasteiger partial charge >= 0.3 is 0 Å². The summed E-state index contributed by atoms with van der Waals surface area (Å²) in [5, 5.41) is 6.21. The number of carbonyl (C=O) groups excluding carboxylic acids is 1. The Morgan fingerprint density at radius 1 is 0.967 bits per heavy atom. The minimum Gasteiger partial charge on any atom is -0.486 e. The summed E-state index contributed by atoms with van der Waals surface area (Å²) in [6.07, 6.45) is 0. The van der Waals surface area contributed by atoms with Crippen molar-refractivity contribution in [3.05, 3.63) is 42.5 Å². The molecule has 2 aliphatic heterocycles. The molecule has 2 heterocycles. The number of hydrogen-bond donors (Lipinski definition) is 2. The topological polar surface area (TPSA) is 66.1 Å². The second kappa shape index (κ2) is 9.26. The zero-order valence-electron chi connectivity index (χ0n) is 17.7. The van der Waals surface area contributed by atoms with Crippen LogP contribution in [0.4, 0.5) is 17.1 Å². The third-order valence-corrected chi connectivity index (χ3v) is 5.64. The highest BCUT2D eigenvalue weighted by atomic mass is 16.6. The number of ether oxygens (including phenoxy) is 2. The molecule has 0 bridgehead atoms. The summed E-state index contributed by atoms with van der Waals surface area (Å²) < 4.78 is 11.1. The Hall–Kier alpha value is -2.93. The van der Waals surface area contributed by atoms with Crippen LogP contribution in [0.25, 0.3) is 0 Å². The summed E-state index contributed by atoms with van der Waals surface area (Å²) in [6.45, 7) is 10.6. The Balaban J connectivity index is 1.31. The molecule has 1 saturated heterocycles. The molecule has 4 rings (SSSR count). The van der Waals surface area contributed by atoms with Gasteiger partial charge in [0.1, 0.15) is 19.3 Å². The van der Waals surface area contributed by atoms with Crippen molar-refractivity contribution in [3.63, 3.8) is 0 Å². The second-order valence-electron chi connectivity index (χ2n) is 7.68. The zero-order valence-corrected chi connectivity index (χ0v) is 17.7. The fraction of sp³-hybridized carbons (Fsp3) is 0.435. The Morgan fingerprint density at radius 3 is 2.33 bits per heavy atom. The van der Waals surface area contributed by atoms with Gasteiger partial charge in [0.15, 0.2) is 11.5 Å². The first-order chi connectivity index (χ1) is 14.6. The van der Waals surface area contributed by atoms with Crippen molar-refractivity contribution in [3.8, 4) is 11.5 Å². The third kappa shape index (κ3) is 4.79. The molecule has 0 saturated carbocycles. The number of piperazine rings is 1. The lowest BCUT2D eigenvalue weighted by Gasteiger charge is -2.35. The van der Waals surface area contributed by atoms with Gasteiger partial charge in [-0.15, -0.1) is 0 Å². The normalized spacial score (nSPS) is 17.3. The predicted molar refractivity (Wildman–Crippen MR) is 120 cm³/mol. The highest BCUT2D eigenvalue weighted by molar-refractivity contribution is 5.96. The van der Waals surface area contributed by atoms with Crippen molar-refractivity contribution < 1.29 is 14.3 Å². The van der Waals surface area contributed by atoms with E-state index in [2.05, 4.69) is 39.5 Å². The first-order valence-corrected chi connectivity index (χ1v) is 10.7. The van der Waals surface area contributed by atoms with Crippen LogP contribution in [-0.2, 0) is 4.79 Å². The van der Waals surface area contributed by atoms with Gasteiger partial charge in [0.25, 0.3) is 0 Å². The molecule has 0 spiro atoms. The summed E-state index contributed by atoms with van der Waals surface area (Å²) in [7, 11) is 0. The summed E-state index contributed by atoms with van der Waals surface area (Å²) in [6, 6.07) is 13.4. The number of nitrogens with zero attached hydrogens (tertiary/aromatic N) is 2. The van der Waals surface area contributed by atoms with Crippen LogP contribution in [-0.4, -0.2) is 62.8 Å². The van der Waals surface area contributed by atoms with E-state index in [0.29, 0.717) is 30.4 Å². The van der Waals surface area contributed by atoms with Crippen LogP contribution < -0.4 is 25.0 Å². The number of benzene rings is 2. The van der Waals surface area contributed by atoms with Crippen molar-refractivity contribution in [2.75, 3.05) is 61.5 Å². The number of amides is 1. The quantitative estimate of drug-likeness (QED) is 0.763. The molecule has 0 aliphatic carbocycles. The van der Waals surface area contributed by atoms with Crippen molar-refractivity contribution in [1.29, 1.82) is 0 Å².